The molecule has 1 aromatic heterocycles. The van der Waals surface area contributed by atoms with Crippen molar-refractivity contribution < 1.29 is 14.3 Å². The number of morpholine rings is 1. The average Bonchev–Trinajstić information content (AvgIpc) is 2.82. The van der Waals surface area contributed by atoms with Crippen LogP contribution in [0, 0.1) is 6.92 Å². The predicted molar refractivity (Wildman–Crippen MR) is 123 cm³/mol. The Morgan fingerprint density at radius 2 is 1.50 bits per heavy atom. The van der Waals surface area contributed by atoms with Gasteiger partial charge in [0.2, 0.25) is 17.8 Å². The van der Waals surface area contributed by atoms with Gasteiger partial charge in [-0.15, -0.1) is 0 Å². The number of aromatic nitrogens is 3. The number of rotatable bonds is 7. The highest BCUT2D eigenvalue weighted by Crippen LogP contribution is 2.21. The average molecular weight is 435 g/mol. The van der Waals surface area contributed by atoms with E-state index >= 15 is 0 Å². The summed E-state index contributed by atoms with van der Waals surface area (Å²) in [5.41, 5.74) is 3.30. The van der Waals surface area contributed by atoms with Gasteiger partial charge in [-0.25, -0.2) is 4.79 Å². The summed E-state index contributed by atoms with van der Waals surface area (Å²) in [6.07, 6.45) is 0. The lowest BCUT2D eigenvalue weighted by molar-refractivity contribution is 0.0526. The van der Waals surface area contributed by atoms with Crippen LogP contribution < -0.4 is 15.5 Å². The van der Waals surface area contributed by atoms with Crippen LogP contribution in [-0.2, 0) is 9.47 Å². The molecular weight excluding hydrogens is 408 g/mol. The first-order chi connectivity index (χ1) is 15.6. The summed E-state index contributed by atoms with van der Waals surface area (Å²) in [6.45, 7) is 6.84. The molecule has 9 heteroatoms. The topological polar surface area (TPSA) is 102 Å². The van der Waals surface area contributed by atoms with E-state index in [-0.39, 0.29) is 5.97 Å². The molecule has 3 aromatic rings. The Morgan fingerprint density at radius 1 is 0.938 bits per heavy atom. The Labute approximate surface area is 186 Å². The molecule has 2 N–H and O–H groups in total. The van der Waals surface area contributed by atoms with Gasteiger partial charge in [0.05, 0.1) is 25.4 Å². The number of carbonyl (C=O) groups is 1. The number of hydrogen-bond acceptors (Lipinski definition) is 9. The molecule has 1 aliphatic rings. The summed E-state index contributed by atoms with van der Waals surface area (Å²) in [4.78, 5) is 27.7. The molecule has 0 bridgehead atoms. The number of hydrogen-bond donors (Lipinski definition) is 2. The molecule has 0 atom stereocenters. The van der Waals surface area contributed by atoms with E-state index in [1.54, 1.807) is 31.2 Å². The summed E-state index contributed by atoms with van der Waals surface area (Å²) >= 11 is 0. The van der Waals surface area contributed by atoms with Crippen molar-refractivity contribution in [1.29, 1.82) is 0 Å². The van der Waals surface area contributed by atoms with Crippen molar-refractivity contribution in [1.82, 2.24) is 15.0 Å². The monoisotopic (exact) mass is 434 g/mol. The largest absolute Gasteiger partial charge is 0.462 e. The molecular formula is C23H26N6O3. The quantitative estimate of drug-likeness (QED) is 0.539. The maximum Gasteiger partial charge on any atom is 0.338 e. The molecule has 0 aliphatic carbocycles. The third-order valence-corrected chi connectivity index (χ3v) is 4.88. The predicted octanol–water partition coefficient (Wildman–Crippen LogP) is 3.68. The van der Waals surface area contributed by atoms with Crippen LogP contribution >= 0.6 is 0 Å². The van der Waals surface area contributed by atoms with Crippen LogP contribution in [0.25, 0.3) is 0 Å². The normalized spacial score (nSPS) is 13.5. The molecule has 0 spiro atoms. The van der Waals surface area contributed by atoms with Gasteiger partial charge in [-0.3, -0.25) is 0 Å². The minimum atomic E-state index is -0.349. The van der Waals surface area contributed by atoms with E-state index < -0.39 is 0 Å². The lowest BCUT2D eigenvalue weighted by atomic mass is 10.2. The maximum atomic E-state index is 11.9. The zero-order valence-electron chi connectivity index (χ0n) is 18.2. The van der Waals surface area contributed by atoms with Gasteiger partial charge in [0.15, 0.2) is 0 Å². The Kier molecular flexibility index (Phi) is 6.76. The third-order valence-electron chi connectivity index (χ3n) is 4.88. The minimum absolute atomic E-state index is 0.338. The van der Waals surface area contributed by atoms with Crippen molar-refractivity contribution in [3.8, 4) is 0 Å². The Balaban J connectivity index is 1.58. The van der Waals surface area contributed by atoms with E-state index in [1.165, 1.54) is 5.56 Å². The van der Waals surface area contributed by atoms with Gasteiger partial charge < -0.3 is 25.0 Å². The SMILES string of the molecule is CCOC(=O)c1ccc(Nc2nc(Nc3ccc(C)cc3)nc(N3CCOCC3)n2)cc1. The van der Waals surface area contributed by atoms with Crippen molar-refractivity contribution in [2.24, 2.45) is 0 Å². The highest BCUT2D eigenvalue weighted by Gasteiger charge is 2.17. The Hall–Kier alpha value is -3.72. The van der Waals surface area contributed by atoms with Gasteiger partial charge in [-0.05, 0) is 50.2 Å². The highest BCUT2D eigenvalue weighted by atomic mass is 16.5. The van der Waals surface area contributed by atoms with Crippen molar-refractivity contribution in [2.45, 2.75) is 13.8 Å². The first-order valence-corrected chi connectivity index (χ1v) is 10.6. The Morgan fingerprint density at radius 3 is 2.06 bits per heavy atom. The molecule has 4 rings (SSSR count). The van der Waals surface area contributed by atoms with Crippen LogP contribution in [0.5, 0.6) is 0 Å². The van der Waals surface area contributed by atoms with Crippen LogP contribution in [0.15, 0.2) is 48.5 Å². The molecule has 0 radical (unpaired) electrons. The van der Waals surface area contributed by atoms with Crippen molar-refractivity contribution in [3.05, 3.63) is 59.7 Å². The fraction of sp³-hybridized carbons (Fsp3) is 0.304. The first kappa shape index (κ1) is 21.5. The molecule has 1 fully saturated rings. The number of benzene rings is 2. The van der Waals surface area contributed by atoms with Gasteiger partial charge >= 0.3 is 5.97 Å². The van der Waals surface area contributed by atoms with Crippen LogP contribution in [0.2, 0.25) is 0 Å². The number of aryl methyl sites for hydroxylation is 1. The zero-order valence-corrected chi connectivity index (χ0v) is 18.2. The fourth-order valence-corrected chi connectivity index (χ4v) is 3.18. The van der Waals surface area contributed by atoms with Crippen LogP contribution in [0.3, 0.4) is 0 Å². The fourth-order valence-electron chi connectivity index (χ4n) is 3.18. The van der Waals surface area contributed by atoms with Crippen molar-refractivity contribution in [3.63, 3.8) is 0 Å². The lowest BCUT2D eigenvalue weighted by Crippen LogP contribution is -2.37. The zero-order chi connectivity index (χ0) is 22.3. The molecule has 9 nitrogen and oxygen atoms in total. The second-order valence-electron chi connectivity index (χ2n) is 7.30. The molecule has 2 heterocycles. The number of anilines is 5. The second-order valence-corrected chi connectivity index (χ2v) is 7.30. The minimum Gasteiger partial charge on any atom is -0.462 e. The van der Waals surface area contributed by atoms with E-state index in [2.05, 4.69) is 30.5 Å². The smallest absolute Gasteiger partial charge is 0.338 e. The van der Waals surface area contributed by atoms with Gasteiger partial charge in [0.1, 0.15) is 0 Å². The van der Waals surface area contributed by atoms with Crippen LogP contribution in [-0.4, -0.2) is 53.8 Å². The molecule has 166 valence electrons. The molecule has 1 saturated heterocycles. The van der Waals surface area contributed by atoms with Crippen molar-refractivity contribution >= 4 is 35.2 Å². The van der Waals surface area contributed by atoms with Gasteiger partial charge in [-0.1, -0.05) is 17.7 Å². The summed E-state index contributed by atoms with van der Waals surface area (Å²) in [6, 6.07) is 15.0. The molecule has 1 aliphatic heterocycles. The highest BCUT2D eigenvalue weighted by molar-refractivity contribution is 5.89. The lowest BCUT2D eigenvalue weighted by Gasteiger charge is -2.27. The van der Waals surface area contributed by atoms with E-state index in [9.17, 15) is 4.79 Å². The van der Waals surface area contributed by atoms with Gasteiger partial charge in [0.25, 0.3) is 0 Å². The summed E-state index contributed by atoms with van der Waals surface area (Å²) in [5.74, 6) is 1.07. The van der Waals surface area contributed by atoms with Gasteiger partial charge in [-0.2, -0.15) is 15.0 Å². The number of ether oxygens (including phenoxy) is 2. The first-order valence-electron chi connectivity index (χ1n) is 10.6. The summed E-state index contributed by atoms with van der Waals surface area (Å²) in [5, 5.41) is 6.46. The number of nitrogens with zero attached hydrogens (tertiary/aromatic N) is 4. The number of carbonyl (C=O) groups excluding carboxylic acids is 1. The number of nitrogens with one attached hydrogen (secondary N) is 2. The molecule has 2 aromatic carbocycles. The third kappa shape index (κ3) is 5.50. The standard InChI is InChI=1S/C23H26N6O3/c1-3-32-20(30)17-6-10-19(11-7-17)25-22-26-21(24-18-8-4-16(2)5-9-18)27-23(28-22)29-12-14-31-15-13-29/h4-11H,3,12-15H2,1-2H3,(H2,24,25,26,27,28). The molecule has 0 unspecified atom stereocenters. The molecule has 32 heavy (non-hydrogen) atoms. The Bertz CT molecular complexity index is 1050. The summed E-state index contributed by atoms with van der Waals surface area (Å²) < 4.78 is 10.5. The number of esters is 1. The van der Waals surface area contributed by atoms with E-state index in [0.717, 1.165) is 11.4 Å². The van der Waals surface area contributed by atoms with E-state index in [1.807, 2.05) is 31.2 Å². The van der Waals surface area contributed by atoms with Crippen molar-refractivity contribution in [2.75, 3.05) is 48.4 Å². The molecule has 0 saturated carbocycles. The van der Waals surface area contributed by atoms with Crippen LogP contribution in [0.4, 0.5) is 29.2 Å². The second kappa shape index (κ2) is 10.1. The summed E-state index contributed by atoms with van der Waals surface area (Å²) in [7, 11) is 0. The van der Waals surface area contributed by atoms with E-state index in [0.29, 0.717) is 56.3 Å². The van der Waals surface area contributed by atoms with Gasteiger partial charge in [0, 0.05) is 24.5 Å². The maximum absolute atomic E-state index is 11.9. The molecule has 0 amide bonds. The van der Waals surface area contributed by atoms with Crippen LogP contribution in [0.1, 0.15) is 22.8 Å². The van der Waals surface area contributed by atoms with E-state index in [4.69, 9.17) is 9.47 Å².